The highest BCUT2D eigenvalue weighted by Gasteiger charge is 2.39. The second-order valence-corrected chi connectivity index (χ2v) is 17.0. The number of amidine groups is 1. The number of ether oxygens (including phenoxy) is 1. The number of hydrogen-bond donors (Lipinski definition) is 4. The lowest BCUT2D eigenvalue weighted by Crippen LogP contribution is -2.49. The third-order valence-electron chi connectivity index (χ3n) is 12.2. The number of carbonyl (C=O) groups is 3. The van der Waals surface area contributed by atoms with Crippen molar-refractivity contribution in [2.24, 2.45) is 0 Å². The number of aromatic nitrogens is 5. The van der Waals surface area contributed by atoms with Crippen molar-refractivity contribution in [3.8, 4) is 5.75 Å². The molecule has 4 heterocycles. The Morgan fingerprint density at radius 3 is 2.62 bits per heavy atom. The monoisotopic (exact) mass is 891 g/mol. The Morgan fingerprint density at radius 1 is 1.02 bits per heavy atom. The van der Waals surface area contributed by atoms with Gasteiger partial charge in [-0.3, -0.25) is 24.5 Å². The Labute approximate surface area is 387 Å². The van der Waals surface area contributed by atoms with Crippen molar-refractivity contribution < 1.29 is 19.1 Å². The van der Waals surface area contributed by atoms with E-state index in [-0.39, 0.29) is 24.3 Å². The molecule has 2 aliphatic rings. The van der Waals surface area contributed by atoms with Gasteiger partial charge in [0.1, 0.15) is 23.8 Å². The van der Waals surface area contributed by atoms with E-state index in [1.54, 1.807) is 35.4 Å². The summed E-state index contributed by atoms with van der Waals surface area (Å²) >= 11 is 0. The Balaban J connectivity index is 0.775. The second-order valence-electron chi connectivity index (χ2n) is 17.0. The number of allylic oxidation sites excluding steroid dienone is 2. The molecule has 0 spiro atoms. The number of rotatable bonds is 22. The quantitative estimate of drug-likeness (QED) is 0.0301. The van der Waals surface area contributed by atoms with Crippen LogP contribution in [0.25, 0.3) is 0 Å². The molecule has 15 heteroatoms. The molecular weight excluding hydrogens is 831 g/mol. The maximum Gasteiger partial charge on any atom is 0.255 e. The van der Waals surface area contributed by atoms with Crippen molar-refractivity contribution in [2.75, 3.05) is 30.8 Å². The Morgan fingerprint density at radius 2 is 1.82 bits per heavy atom. The summed E-state index contributed by atoms with van der Waals surface area (Å²) in [5.74, 6) is 0.656. The zero-order chi connectivity index (χ0) is 46.4. The first-order valence-corrected chi connectivity index (χ1v) is 23.0. The highest BCUT2D eigenvalue weighted by Crippen LogP contribution is 2.33. The summed E-state index contributed by atoms with van der Waals surface area (Å²) in [5.41, 5.74) is 9.60. The maximum atomic E-state index is 13.2. The number of hydrogen-bond acceptors (Lipinski definition) is 10. The van der Waals surface area contributed by atoms with Crippen LogP contribution in [-0.2, 0) is 35.5 Å². The fraction of sp³-hybridized carbons (Fsp3) is 0.373. The van der Waals surface area contributed by atoms with Crippen LogP contribution in [0.3, 0.4) is 0 Å². The molecule has 3 amide bonds. The van der Waals surface area contributed by atoms with Crippen LogP contribution in [0.1, 0.15) is 110 Å². The van der Waals surface area contributed by atoms with E-state index in [0.29, 0.717) is 73.7 Å². The molecule has 1 fully saturated rings. The SMILES string of the molecule is C=C1CCC(N2Cc3c(NC(=O)CCCc4cn(CCCCCCOc5cccc(Cc6cccc(NC/C(=C(/C)CC)N(C)C(=N)c7ccncn7)c6)c5)nn4)cccc3C2=O)C(=O)N1. The summed E-state index contributed by atoms with van der Waals surface area (Å²) in [5, 5.41) is 26.7. The second kappa shape index (κ2) is 22.6. The summed E-state index contributed by atoms with van der Waals surface area (Å²) in [6, 6.07) is 23.3. The van der Waals surface area contributed by atoms with Crippen LogP contribution in [-0.4, -0.2) is 84.6 Å². The normalized spacial score (nSPS) is 14.9. The molecule has 344 valence electrons. The lowest BCUT2D eigenvalue weighted by molar-refractivity contribution is -0.126. The third-order valence-corrected chi connectivity index (χ3v) is 12.2. The van der Waals surface area contributed by atoms with Gasteiger partial charge in [0.25, 0.3) is 5.91 Å². The van der Waals surface area contributed by atoms with Crippen LogP contribution < -0.4 is 20.7 Å². The summed E-state index contributed by atoms with van der Waals surface area (Å²) < 4.78 is 8.03. The van der Waals surface area contributed by atoms with Crippen molar-refractivity contribution in [1.29, 1.82) is 5.41 Å². The summed E-state index contributed by atoms with van der Waals surface area (Å²) in [6.45, 7) is 10.4. The number of amides is 3. The molecule has 7 rings (SSSR count). The fourth-order valence-corrected chi connectivity index (χ4v) is 8.36. The first-order valence-electron chi connectivity index (χ1n) is 23.0. The van der Waals surface area contributed by atoms with Gasteiger partial charge < -0.3 is 30.5 Å². The van der Waals surface area contributed by atoms with Gasteiger partial charge in [-0.05, 0) is 118 Å². The Bertz CT molecular complexity index is 2550. The smallest absolute Gasteiger partial charge is 0.255 e. The van der Waals surface area contributed by atoms with Crippen LogP contribution in [0.2, 0.25) is 0 Å². The molecule has 5 aromatic rings. The molecule has 1 saturated heterocycles. The number of likely N-dealkylation sites (N-methyl/N-ethyl adjacent to an activating group) is 1. The van der Waals surface area contributed by atoms with E-state index in [1.165, 1.54) is 23.0 Å². The van der Waals surface area contributed by atoms with Gasteiger partial charge in [0.15, 0.2) is 5.84 Å². The van der Waals surface area contributed by atoms with Gasteiger partial charge in [-0.1, -0.05) is 61.0 Å². The number of carbonyl (C=O) groups excluding carboxylic acids is 3. The maximum absolute atomic E-state index is 13.2. The van der Waals surface area contributed by atoms with Gasteiger partial charge in [-0.25, -0.2) is 9.97 Å². The van der Waals surface area contributed by atoms with Gasteiger partial charge >= 0.3 is 0 Å². The number of nitrogens with one attached hydrogen (secondary N) is 4. The number of piperidine rings is 1. The first-order chi connectivity index (χ1) is 32.1. The summed E-state index contributed by atoms with van der Waals surface area (Å²) in [4.78, 5) is 50.5. The largest absolute Gasteiger partial charge is 0.494 e. The molecule has 15 nitrogen and oxygen atoms in total. The van der Waals surface area contributed by atoms with Crippen LogP contribution >= 0.6 is 0 Å². The predicted molar refractivity (Wildman–Crippen MR) is 256 cm³/mol. The molecular formula is C51H61N11O4. The van der Waals surface area contributed by atoms with Crippen molar-refractivity contribution in [3.63, 3.8) is 0 Å². The minimum absolute atomic E-state index is 0.134. The van der Waals surface area contributed by atoms with Crippen molar-refractivity contribution in [2.45, 2.75) is 104 Å². The number of nitrogens with zero attached hydrogens (tertiary/aromatic N) is 7. The van der Waals surface area contributed by atoms with E-state index >= 15 is 0 Å². The third kappa shape index (κ3) is 12.3. The van der Waals surface area contributed by atoms with Gasteiger partial charge in [0, 0.05) is 72.8 Å². The molecule has 66 heavy (non-hydrogen) atoms. The van der Waals surface area contributed by atoms with Crippen LogP contribution in [0.15, 0.2) is 115 Å². The van der Waals surface area contributed by atoms with Gasteiger partial charge in [0.05, 0.1) is 18.8 Å². The van der Waals surface area contributed by atoms with Crippen molar-refractivity contribution in [1.82, 2.24) is 40.1 Å². The van der Waals surface area contributed by atoms with E-state index in [9.17, 15) is 14.4 Å². The minimum atomic E-state index is -0.553. The lowest BCUT2D eigenvalue weighted by Gasteiger charge is -2.31. The average Bonchev–Trinajstić information content (AvgIpc) is 3.92. The summed E-state index contributed by atoms with van der Waals surface area (Å²) in [6.07, 6.45) is 13.5. The number of benzene rings is 3. The molecule has 2 aromatic heterocycles. The van der Waals surface area contributed by atoms with Gasteiger partial charge in [-0.15, -0.1) is 5.10 Å². The zero-order valence-electron chi connectivity index (χ0n) is 38.3. The molecule has 1 atom stereocenters. The van der Waals surface area contributed by atoms with Gasteiger partial charge in [0.2, 0.25) is 11.8 Å². The van der Waals surface area contributed by atoms with E-state index < -0.39 is 6.04 Å². The van der Waals surface area contributed by atoms with E-state index in [1.807, 2.05) is 35.0 Å². The molecule has 0 radical (unpaired) electrons. The molecule has 2 aliphatic heterocycles. The standard InChI is InChI=1S/C51H61N11O4/c1-5-35(2)47(60(4)49(52)45-24-25-53-34-55-45)31-54-39-16-10-14-37(29-39)28-38-15-11-18-41(30-38)66-27-9-7-6-8-26-61-32-40(58-59-61)17-12-21-48(63)57-44-20-13-19-42-43(44)33-62(51(42)65)46-23-22-36(3)56-50(46)64/h10-11,13-16,18-20,24-25,29-30,32,34,46,52,54H,3,5-9,12,17,21-23,26-28,31,33H2,1-2,4H3,(H,56,64)(H,57,63)/b47-35+,52-49?. The average molecular weight is 892 g/mol. The lowest BCUT2D eigenvalue weighted by atomic mass is 10.0. The molecule has 3 aromatic carbocycles. The molecule has 0 saturated carbocycles. The Kier molecular flexibility index (Phi) is 16.1. The number of anilines is 2. The Hall–Kier alpha value is -7.16. The van der Waals surface area contributed by atoms with E-state index in [4.69, 9.17) is 10.1 Å². The fourth-order valence-electron chi connectivity index (χ4n) is 8.36. The molecule has 1 unspecified atom stereocenters. The van der Waals surface area contributed by atoms with Crippen molar-refractivity contribution >= 4 is 34.9 Å². The number of aryl methyl sites for hydroxylation is 2. The number of fused-ring (bicyclic) bond motifs is 1. The van der Waals surface area contributed by atoms with Crippen molar-refractivity contribution in [3.05, 3.63) is 149 Å². The number of unbranched alkanes of at least 4 members (excludes halogenated alkanes) is 3. The molecule has 0 aliphatic carbocycles. The highest BCUT2D eigenvalue weighted by atomic mass is 16.5. The summed E-state index contributed by atoms with van der Waals surface area (Å²) in [7, 11) is 1.91. The first kappa shape index (κ1) is 46.8. The molecule has 0 bridgehead atoms. The van der Waals surface area contributed by atoms with E-state index in [2.05, 4.69) is 93.1 Å². The van der Waals surface area contributed by atoms with E-state index in [0.717, 1.165) is 73.5 Å². The van der Waals surface area contributed by atoms with Crippen LogP contribution in [0.4, 0.5) is 11.4 Å². The topological polar surface area (TPSA) is 183 Å². The zero-order valence-corrected chi connectivity index (χ0v) is 38.3. The van der Waals surface area contributed by atoms with Crippen LogP contribution in [0.5, 0.6) is 5.75 Å². The minimum Gasteiger partial charge on any atom is -0.494 e. The molecule has 4 N–H and O–H groups in total. The van der Waals surface area contributed by atoms with Gasteiger partial charge in [-0.2, -0.15) is 0 Å². The van der Waals surface area contributed by atoms with Crippen LogP contribution in [0, 0.1) is 5.41 Å². The predicted octanol–water partition coefficient (Wildman–Crippen LogP) is 8.06. The highest BCUT2D eigenvalue weighted by molar-refractivity contribution is 6.04.